The zero-order valence-electron chi connectivity index (χ0n) is 3.81. The van der Waals surface area contributed by atoms with Crippen molar-refractivity contribution in [2.24, 2.45) is 0 Å². The largest absolute Gasteiger partial charge is 0.381 e. The standard InChI is InChI=1S/C3H7BOS/c1-6-3-5-2-4/h2-3H2,1H3. The second-order valence-corrected chi connectivity index (χ2v) is 1.59. The van der Waals surface area contributed by atoms with Crippen LogP contribution in [0.5, 0.6) is 0 Å². The van der Waals surface area contributed by atoms with Crippen molar-refractivity contribution in [3.05, 3.63) is 0 Å². The highest BCUT2D eigenvalue weighted by atomic mass is 32.2. The lowest BCUT2D eigenvalue weighted by atomic mass is 10.2. The Labute approximate surface area is 43.9 Å². The molecule has 0 fully saturated rings. The molecule has 1 nitrogen and oxygen atoms in total. The first-order valence-electron chi connectivity index (χ1n) is 1.68. The van der Waals surface area contributed by atoms with Gasteiger partial charge in [-0.05, 0) is 6.26 Å². The molecule has 0 bridgehead atoms. The third-order valence-electron chi connectivity index (χ3n) is 0.319. The van der Waals surface area contributed by atoms with Crippen molar-refractivity contribution in [3.8, 4) is 0 Å². The lowest BCUT2D eigenvalue weighted by Crippen LogP contribution is -1.89. The molecule has 0 amide bonds. The summed E-state index contributed by atoms with van der Waals surface area (Å²) in [6.07, 6.45) is 1.97. The molecule has 2 radical (unpaired) electrons. The molecular formula is C3H7BOS. The van der Waals surface area contributed by atoms with Crippen LogP contribution in [-0.2, 0) is 4.74 Å². The van der Waals surface area contributed by atoms with Crippen LogP contribution in [0.25, 0.3) is 0 Å². The SMILES string of the molecule is [B]COCSC. The smallest absolute Gasteiger partial charge is 0.104 e. The van der Waals surface area contributed by atoms with E-state index in [2.05, 4.69) is 0 Å². The van der Waals surface area contributed by atoms with Gasteiger partial charge in [0.2, 0.25) is 0 Å². The zero-order valence-corrected chi connectivity index (χ0v) is 4.62. The second kappa shape index (κ2) is 5.37. The van der Waals surface area contributed by atoms with E-state index in [1.165, 1.54) is 0 Å². The Balaban J connectivity index is 2.34. The van der Waals surface area contributed by atoms with Crippen LogP contribution in [0.15, 0.2) is 0 Å². The van der Waals surface area contributed by atoms with Crippen LogP contribution < -0.4 is 0 Å². The van der Waals surface area contributed by atoms with Crippen molar-refractivity contribution in [2.75, 3.05) is 18.7 Å². The van der Waals surface area contributed by atoms with Crippen molar-refractivity contribution in [1.29, 1.82) is 0 Å². The first-order valence-corrected chi connectivity index (χ1v) is 3.08. The monoisotopic (exact) mass is 102 g/mol. The van der Waals surface area contributed by atoms with E-state index >= 15 is 0 Å². The predicted molar refractivity (Wildman–Crippen MR) is 30.1 cm³/mol. The summed E-state index contributed by atoms with van der Waals surface area (Å²) in [5.74, 6) is 0.705. The summed E-state index contributed by atoms with van der Waals surface area (Å²) in [4.78, 5) is 0. The third kappa shape index (κ3) is 4.37. The van der Waals surface area contributed by atoms with E-state index in [4.69, 9.17) is 12.6 Å². The molecule has 3 heteroatoms. The highest BCUT2D eigenvalue weighted by molar-refractivity contribution is 7.98. The first-order chi connectivity index (χ1) is 2.91. The molecule has 0 aromatic heterocycles. The van der Waals surface area contributed by atoms with Crippen LogP contribution >= 0.6 is 11.8 Å². The Morgan fingerprint density at radius 2 is 2.50 bits per heavy atom. The van der Waals surface area contributed by atoms with Gasteiger partial charge >= 0.3 is 0 Å². The van der Waals surface area contributed by atoms with Gasteiger partial charge in [0.15, 0.2) is 0 Å². The fourth-order valence-corrected chi connectivity index (χ4v) is 0.394. The molecule has 0 rings (SSSR count). The Hall–Kier alpha value is 0.375. The van der Waals surface area contributed by atoms with Gasteiger partial charge in [0.1, 0.15) is 7.85 Å². The van der Waals surface area contributed by atoms with Gasteiger partial charge in [-0.2, -0.15) is 0 Å². The van der Waals surface area contributed by atoms with Gasteiger partial charge in [-0.25, -0.2) is 0 Å². The summed E-state index contributed by atoms with van der Waals surface area (Å²) in [6, 6.07) is 0. The molecule has 0 saturated carbocycles. The molecule has 0 aliphatic rings. The average Bonchev–Trinajstić information content (AvgIpc) is 1.61. The first kappa shape index (κ1) is 6.37. The Bertz CT molecular complexity index is 22.8. The Morgan fingerprint density at radius 3 is 2.67 bits per heavy atom. The number of hydrogen-bond donors (Lipinski definition) is 0. The fourth-order valence-electron chi connectivity index (χ4n) is 0.131. The summed E-state index contributed by atoms with van der Waals surface area (Å²) >= 11 is 1.62. The molecule has 0 aliphatic heterocycles. The van der Waals surface area contributed by atoms with E-state index in [0.717, 1.165) is 0 Å². The van der Waals surface area contributed by atoms with Gasteiger partial charge in [-0.3, -0.25) is 0 Å². The average molecular weight is 102 g/mol. The van der Waals surface area contributed by atoms with E-state index in [9.17, 15) is 0 Å². The second-order valence-electron chi connectivity index (χ2n) is 0.777. The minimum absolute atomic E-state index is 0.334. The minimum Gasteiger partial charge on any atom is -0.381 e. The molecule has 0 atom stereocenters. The lowest BCUT2D eigenvalue weighted by Gasteiger charge is -1.91. The van der Waals surface area contributed by atoms with Crippen molar-refractivity contribution < 1.29 is 4.74 Å². The normalized spacial score (nSPS) is 8.83. The van der Waals surface area contributed by atoms with Crippen LogP contribution in [0, 0.1) is 0 Å². The van der Waals surface area contributed by atoms with E-state index in [-0.39, 0.29) is 0 Å². The topological polar surface area (TPSA) is 9.23 Å². The molecule has 0 spiro atoms. The molecule has 0 heterocycles. The van der Waals surface area contributed by atoms with Crippen molar-refractivity contribution in [2.45, 2.75) is 0 Å². The number of ether oxygens (including phenoxy) is 1. The lowest BCUT2D eigenvalue weighted by molar-refractivity contribution is 0.236. The molecule has 6 heavy (non-hydrogen) atoms. The number of hydrogen-bond acceptors (Lipinski definition) is 2. The predicted octanol–water partition coefficient (Wildman–Crippen LogP) is 0.449. The van der Waals surface area contributed by atoms with Gasteiger partial charge in [0.25, 0.3) is 0 Å². The Kier molecular flexibility index (Phi) is 5.71. The van der Waals surface area contributed by atoms with E-state index in [1.54, 1.807) is 11.8 Å². The van der Waals surface area contributed by atoms with Crippen LogP contribution in [-0.4, -0.2) is 26.5 Å². The summed E-state index contributed by atoms with van der Waals surface area (Å²) < 4.78 is 4.72. The highest BCUT2D eigenvalue weighted by Crippen LogP contribution is 1.88. The molecule has 0 aromatic carbocycles. The van der Waals surface area contributed by atoms with Crippen molar-refractivity contribution in [1.82, 2.24) is 0 Å². The maximum absolute atomic E-state index is 4.98. The van der Waals surface area contributed by atoms with E-state index < -0.39 is 0 Å². The summed E-state index contributed by atoms with van der Waals surface area (Å²) in [5, 5.41) is 0. The maximum atomic E-state index is 4.98. The molecular weight excluding hydrogens is 94.9 g/mol. The molecule has 0 unspecified atom stereocenters. The summed E-state index contributed by atoms with van der Waals surface area (Å²) in [7, 11) is 4.98. The van der Waals surface area contributed by atoms with Crippen molar-refractivity contribution in [3.63, 3.8) is 0 Å². The molecule has 0 N–H and O–H groups in total. The van der Waals surface area contributed by atoms with Crippen molar-refractivity contribution >= 4 is 19.6 Å². The molecule has 0 saturated heterocycles. The molecule has 34 valence electrons. The summed E-state index contributed by atoms with van der Waals surface area (Å²) in [6.45, 7) is 0.334. The zero-order chi connectivity index (χ0) is 4.83. The van der Waals surface area contributed by atoms with Gasteiger partial charge in [-0.15, -0.1) is 11.8 Å². The minimum atomic E-state index is 0.334. The fraction of sp³-hybridized carbons (Fsp3) is 1.00. The third-order valence-corrected chi connectivity index (χ3v) is 0.721. The number of rotatable bonds is 3. The van der Waals surface area contributed by atoms with Crippen LogP contribution in [0.3, 0.4) is 0 Å². The van der Waals surface area contributed by atoms with E-state index in [1.807, 2.05) is 6.26 Å². The van der Waals surface area contributed by atoms with Gasteiger partial charge in [-0.1, -0.05) is 0 Å². The molecule has 0 aromatic rings. The van der Waals surface area contributed by atoms with Crippen LogP contribution in [0.4, 0.5) is 0 Å². The van der Waals surface area contributed by atoms with Gasteiger partial charge in [0, 0.05) is 6.51 Å². The Morgan fingerprint density at radius 1 is 1.83 bits per heavy atom. The maximum Gasteiger partial charge on any atom is 0.104 e. The van der Waals surface area contributed by atoms with Gasteiger partial charge < -0.3 is 4.74 Å². The van der Waals surface area contributed by atoms with Gasteiger partial charge in [0.05, 0.1) is 5.94 Å². The summed E-state index contributed by atoms with van der Waals surface area (Å²) in [5.41, 5.74) is 0. The van der Waals surface area contributed by atoms with E-state index in [0.29, 0.717) is 12.4 Å². The quantitative estimate of drug-likeness (QED) is 0.290. The van der Waals surface area contributed by atoms with Crippen LogP contribution in [0.1, 0.15) is 0 Å². The molecule has 0 aliphatic carbocycles. The number of thioether (sulfide) groups is 1. The van der Waals surface area contributed by atoms with Crippen LogP contribution in [0.2, 0.25) is 0 Å². The highest BCUT2D eigenvalue weighted by Gasteiger charge is 1.72.